The van der Waals surface area contributed by atoms with Gasteiger partial charge in [0.1, 0.15) is 0 Å². The Kier molecular flexibility index (Phi) is 0.787. The highest BCUT2D eigenvalue weighted by molar-refractivity contribution is 7.78. The van der Waals surface area contributed by atoms with E-state index < -0.39 is 8.07 Å². The third-order valence-electron chi connectivity index (χ3n) is 0.582. The summed E-state index contributed by atoms with van der Waals surface area (Å²) in [5.74, 6) is 0. The molecule has 4 heteroatoms. The second kappa shape index (κ2) is 1.17. The van der Waals surface area contributed by atoms with Gasteiger partial charge in [-0.15, -0.1) is 0 Å². The van der Waals surface area contributed by atoms with Crippen LogP contribution in [0.1, 0.15) is 0 Å². The summed E-state index contributed by atoms with van der Waals surface area (Å²) in [6.45, 7) is 0. The Balaban J connectivity index is 2.31. The third-order valence-corrected chi connectivity index (χ3v) is 1.75. The SMILES string of the molecule is NC(=O)P1CN1. The van der Waals surface area contributed by atoms with E-state index >= 15 is 0 Å². The molecule has 6 heavy (non-hydrogen) atoms. The molecule has 0 aromatic carbocycles. The smallest absolute Gasteiger partial charge is 0.254 e. The Bertz CT molecular complexity index is 79.6. The van der Waals surface area contributed by atoms with Gasteiger partial charge in [0.25, 0.3) is 5.65 Å². The lowest BCUT2D eigenvalue weighted by atomic mass is 11.5. The second-order valence-electron chi connectivity index (χ2n) is 1.08. The maximum atomic E-state index is 9.95. The minimum absolute atomic E-state index is 0.176. The molecular formula is C2H5N2OP. The zero-order valence-electron chi connectivity index (χ0n) is 3.14. The maximum Gasteiger partial charge on any atom is 0.254 e. The lowest BCUT2D eigenvalue weighted by molar-refractivity contribution is 0.266. The summed E-state index contributed by atoms with van der Waals surface area (Å²) in [6.07, 6.45) is 0.838. The Morgan fingerprint density at radius 1 is 2.00 bits per heavy atom. The highest BCUT2D eigenvalue weighted by Gasteiger charge is 2.25. The first-order valence-electron chi connectivity index (χ1n) is 1.61. The zero-order valence-corrected chi connectivity index (χ0v) is 4.03. The first kappa shape index (κ1) is 4.03. The highest BCUT2D eigenvalue weighted by Crippen LogP contribution is 2.41. The van der Waals surface area contributed by atoms with Crippen LogP contribution >= 0.6 is 8.07 Å². The van der Waals surface area contributed by atoms with Crippen molar-refractivity contribution >= 4 is 13.7 Å². The van der Waals surface area contributed by atoms with Gasteiger partial charge in [0.2, 0.25) is 0 Å². The quantitative estimate of drug-likeness (QED) is 0.364. The molecule has 0 aromatic heterocycles. The van der Waals surface area contributed by atoms with Gasteiger partial charge in [-0.1, -0.05) is 0 Å². The second-order valence-corrected chi connectivity index (χ2v) is 3.01. The van der Waals surface area contributed by atoms with Crippen molar-refractivity contribution in [2.75, 3.05) is 6.29 Å². The van der Waals surface area contributed by atoms with Gasteiger partial charge >= 0.3 is 0 Å². The van der Waals surface area contributed by atoms with Crippen molar-refractivity contribution in [3.05, 3.63) is 0 Å². The van der Waals surface area contributed by atoms with E-state index in [9.17, 15) is 4.79 Å². The van der Waals surface area contributed by atoms with Crippen LogP contribution in [-0.2, 0) is 0 Å². The topological polar surface area (TPSA) is 65.0 Å². The first-order valence-corrected chi connectivity index (χ1v) is 3.14. The van der Waals surface area contributed by atoms with Gasteiger partial charge in [0.15, 0.2) is 0 Å². The van der Waals surface area contributed by atoms with E-state index in [0.29, 0.717) is 0 Å². The average molecular weight is 104 g/mol. The molecule has 0 aromatic rings. The molecule has 0 aliphatic carbocycles. The fourth-order valence-electron chi connectivity index (χ4n) is 0.191. The van der Waals surface area contributed by atoms with Crippen LogP contribution in [0.5, 0.6) is 0 Å². The number of amides is 1. The molecule has 0 saturated carbocycles. The molecule has 3 nitrogen and oxygen atoms in total. The number of hydrogen-bond donors (Lipinski definition) is 2. The van der Waals surface area contributed by atoms with E-state index in [4.69, 9.17) is 5.73 Å². The molecule has 1 saturated heterocycles. The van der Waals surface area contributed by atoms with E-state index in [-0.39, 0.29) is 5.65 Å². The number of hydrogen-bond acceptors (Lipinski definition) is 2. The number of carbonyl (C=O) groups excluding carboxylic acids is 1. The molecule has 34 valence electrons. The molecule has 1 fully saturated rings. The summed E-state index contributed by atoms with van der Waals surface area (Å²) in [6, 6.07) is 0. The predicted octanol–water partition coefficient (Wildman–Crippen LogP) is 0.0227. The van der Waals surface area contributed by atoms with Crippen LogP contribution in [0.4, 0.5) is 4.79 Å². The lowest BCUT2D eigenvalue weighted by Gasteiger charge is -1.75. The van der Waals surface area contributed by atoms with Gasteiger partial charge in [-0.25, -0.2) is 0 Å². The van der Waals surface area contributed by atoms with Gasteiger partial charge in [-0.2, -0.15) is 0 Å². The van der Waals surface area contributed by atoms with E-state index in [0.717, 1.165) is 6.29 Å². The van der Waals surface area contributed by atoms with Crippen molar-refractivity contribution in [3.63, 3.8) is 0 Å². The normalized spacial score (nSPS) is 29.7. The zero-order chi connectivity index (χ0) is 4.57. The molecule has 0 radical (unpaired) electrons. The monoisotopic (exact) mass is 104 g/mol. The summed E-state index contributed by atoms with van der Waals surface area (Å²) < 4.78 is 0. The molecule has 1 amide bonds. The van der Waals surface area contributed by atoms with Crippen LogP contribution < -0.4 is 10.8 Å². The van der Waals surface area contributed by atoms with Gasteiger partial charge in [-0.05, 0) is 0 Å². The molecule has 0 spiro atoms. The standard InChI is InChI=1S/C2H5N2OP/c3-2(5)6-1-4-6/h4H,1H2,(H2,3,5). The Hall–Kier alpha value is -0.140. The van der Waals surface area contributed by atoms with Crippen LogP contribution in [0.3, 0.4) is 0 Å². The number of primary amides is 1. The number of nitrogens with two attached hydrogens (primary N) is 1. The number of carbonyl (C=O) groups is 1. The van der Waals surface area contributed by atoms with E-state index in [1.165, 1.54) is 0 Å². The van der Waals surface area contributed by atoms with Crippen molar-refractivity contribution < 1.29 is 4.79 Å². The molecule has 1 rings (SSSR count). The van der Waals surface area contributed by atoms with Gasteiger partial charge in [-0.3, -0.25) is 9.88 Å². The molecule has 1 atom stereocenters. The van der Waals surface area contributed by atoms with Crippen molar-refractivity contribution in [3.8, 4) is 0 Å². The molecular weight excluding hydrogens is 99.0 g/mol. The molecule has 1 heterocycles. The number of nitrogens with one attached hydrogen (secondary N) is 1. The minimum atomic E-state index is -0.521. The predicted molar refractivity (Wildman–Crippen MR) is 24.5 cm³/mol. The largest absolute Gasteiger partial charge is 0.365 e. The number of rotatable bonds is 1. The molecule has 3 N–H and O–H groups in total. The lowest BCUT2D eigenvalue weighted by Crippen LogP contribution is -2.00. The van der Waals surface area contributed by atoms with Crippen molar-refractivity contribution in [2.45, 2.75) is 0 Å². The van der Waals surface area contributed by atoms with Crippen LogP contribution in [0.25, 0.3) is 0 Å². The van der Waals surface area contributed by atoms with Crippen molar-refractivity contribution in [1.82, 2.24) is 5.09 Å². The van der Waals surface area contributed by atoms with E-state index in [1.807, 2.05) is 0 Å². The summed E-state index contributed by atoms with van der Waals surface area (Å²) in [5, 5.41) is 2.82. The Morgan fingerprint density at radius 3 is 2.50 bits per heavy atom. The average Bonchev–Trinajstić information content (AvgIpc) is 2.06. The van der Waals surface area contributed by atoms with Gasteiger partial charge in [0.05, 0.1) is 8.07 Å². The fraction of sp³-hybridized carbons (Fsp3) is 0.500. The minimum Gasteiger partial charge on any atom is -0.365 e. The van der Waals surface area contributed by atoms with Crippen LogP contribution in [0.2, 0.25) is 0 Å². The summed E-state index contributed by atoms with van der Waals surface area (Å²) in [5.41, 5.74) is 4.65. The maximum absolute atomic E-state index is 9.95. The molecule has 1 aliphatic heterocycles. The van der Waals surface area contributed by atoms with E-state index in [2.05, 4.69) is 5.09 Å². The highest BCUT2D eigenvalue weighted by atomic mass is 31.1. The van der Waals surface area contributed by atoms with Crippen molar-refractivity contribution in [2.24, 2.45) is 5.73 Å². The third kappa shape index (κ3) is 0.671. The summed E-state index contributed by atoms with van der Waals surface area (Å²) in [7, 11) is -0.521. The Labute approximate surface area is 36.7 Å². The summed E-state index contributed by atoms with van der Waals surface area (Å²) >= 11 is 0. The van der Waals surface area contributed by atoms with Crippen LogP contribution in [-0.4, -0.2) is 11.9 Å². The fourth-order valence-corrected chi connectivity index (χ4v) is 0.786. The Morgan fingerprint density at radius 2 is 2.50 bits per heavy atom. The molecule has 0 bridgehead atoms. The first-order chi connectivity index (χ1) is 2.80. The summed E-state index contributed by atoms with van der Waals surface area (Å²) in [4.78, 5) is 9.95. The molecule has 1 aliphatic rings. The van der Waals surface area contributed by atoms with Gasteiger partial charge in [0, 0.05) is 6.29 Å². The van der Waals surface area contributed by atoms with E-state index in [1.54, 1.807) is 0 Å². The van der Waals surface area contributed by atoms with Crippen LogP contribution in [0, 0.1) is 0 Å². The van der Waals surface area contributed by atoms with Crippen molar-refractivity contribution in [1.29, 1.82) is 0 Å². The van der Waals surface area contributed by atoms with Gasteiger partial charge < -0.3 is 5.73 Å². The molecule has 1 unspecified atom stereocenters. The van der Waals surface area contributed by atoms with Crippen LogP contribution in [0.15, 0.2) is 0 Å².